The Morgan fingerprint density at radius 1 is 1.25 bits per heavy atom. The molecule has 16 heavy (non-hydrogen) atoms. The van der Waals surface area contributed by atoms with Gasteiger partial charge in [0.2, 0.25) is 0 Å². The van der Waals surface area contributed by atoms with Gasteiger partial charge in [-0.3, -0.25) is 4.98 Å². The zero-order chi connectivity index (χ0) is 12.0. The molecule has 1 heterocycles. The van der Waals surface area contributed by atoms with Crippen LogP contribution in [0.1, 0.15) is 32.4 Å². The second-order valence-corrected chi connectivity index (χ2v) is 4.65. The highest BCUT2D eigenvalue weighted by atomic mass is 14.9. The first-order valence-electron chi connectivity index (χ1n) is 5.98. The van der Waals surface area contributed by atoms with Gasteiger partial charge in [-0.25, -0.2) is 0 Å². The minimum absolute atomic E-state index is 0.357. The van der Waals surface area contributed by atoms with Crippen molar-refractivity contribution in [1.29, 1.82) is 0 Å². The van der Waals surface area contributed by atoms with Crippen molar-refractivity contribution < 1.29 is 0 Å². The molecule has 1 aromatic rings. The van der Waals surface area contributed by atoms with E-state index in [1.54, 1.807) is 0 Å². The largest absolute Gasteiger partial charge is 0.330 e. The maximum atomic E-state index is 5.75. The van der Waals surface area contributed by atoms with E-state index in [0.717, 1.165) is 13.1 Å². The van der Waals surface area contributed by atoms with Crippen LogP contribution >= 0.6 is 0 Å². The van der Waals surface area contributed by atoms with E-state index >= 15 is 0 Å². The Bertz CT molecular complexity index is 284. The van der Waals surface area contributed by atoms with Crippen molar-refractivity contribution in [2.45, 2.75) is 26.8 Å². The van der Waals surface area contributed by atoms with E-state index in [9.17, 15) is 0 Å². The summed E-state index contributed by atoms with van der Waals surface area (Å²) in [6, 6.07) is 4.45. The van der Waals surface area contributed by atoms with Crippen LogP contribution in [0.3, 0.4) is 0 Å². The zero-order valence-electron chi connectivity index (χ0n) is 10.5. The first-order valence-corrected chi connectivity index (χ1v) is 5.98. The van der Waals surface area contributed by atoms with Gasteiger partial charge < -0.3 is 11.1 Å². The van der Waals surface area contributed by atoms with Gasteiger partial charge in [0, 0.05) is 18.4 Å². The topological polar surface area (TPSA) is 50.9 Å². The molecule has 3 nitrogen and oxygen atoms in total. The number of pyridine rings is 1. The second kappa shape index (κ2) is 6.61. The van der Waals surface area contributed by atoms with Gasteiger partial charge in [-0.05, 0) is 49.5 Å². The summed E-state index contributed by atoms with van der Waals surface area (Å²) in [4.78, 5) is 4.02. The normalized spacial score (nSPS) is 15.1. The number of nitrogens with one attached hydrogen (secondary N) is 1. The first kappa shape index (κ1) is 13.1. The van der Waals surface area contributed by atoms with E-state index in [1.807, 2.05) is 24.5 Å². The molecule has 0 aliphatic carbocycles. The molecule has 0 amide bonds. The van der Waals surface area contributed by atoms with Crippen LogP contribution in [0.4, 0.5) is 0 Å². The number of aromatic nitrogens is 1. The molecule has 90 valence electrons. The Hall–Kier alpha value is -0.930. The molecule has 0 aromatic carbocycles. The summed E-state index contributed by atoms with van der Waals surface area (Å²) in [5, 5.41) is 3.52. The fourth-order valence-corrected chi connectivity index (χ4v) is 1.69. The maximum Gasteiger partial charge on any atom is 0.0293 e. The molecule has 1 aromatic heterocycles. The van der Waals surface area contributed by atoms with Gasteiger partial charge >= 0.3 is 0 Å². The van der Waals surface area contributed by atoms with Crippen LogP contribution < -0.4 is 11.1 Å². The number of hydrogen-bond acceptors (Lipinski definition) is 3. The number of nitrogens with zero attached hydrogens (tertiary/aromatic N) is 1. The zero-order valence-corrected chi connectivity index (χ0v) is 10.5. The lowest BCUT2D eigenvalue weighted by molar-refractivity contribution is 0.356. The number of hydrogen-bond donors (Lipinski definition) is 2. The minimum Gasteiger partial charge on any atom is -0.330 e. The van der Waals surface area contributed by atoms with Crippen molar-refractivity contribution in [2.24, 2.45) is 17.6 Å². The maximum absolute atomic E-state index is 5.75. The summed E-state index contributed by atoms with van der Waals surface area (Å²) in [5.74, 6) is 1.17. The highest BCUT2D eigenvalue weighted by Crippen LogP contribution is 2.13. The summed E-state index contributed by atoms with van der Waals surface area (Å²) in [6.07, 6.45) is 3.66. The summed E-state index contributed by atoms with van der Waals surface area (Å²) in [5.41, 5.74) is 7.02. The number of nitrogens with two attached hydrogens (primary N) is 1. The average Bonchev–Trinajstić information content (AvgIpc) is 2.30. The van der Waals surface area contributed by atoms with Crippen LogP contribution in [0.15, 0.2) is 24.5 Å². The lowest BCUT2D eigenvalue weighted by atomic mass is 9.95. The quantitative estimate of drug-likeness (QED) is 0.772. The van der Waals surface area contributed by atoms with Gasteiger partial charge in [0.15, 0.2) is 0 Å². The van der Waals surface area contributed by atoms with Crippen molar-refractivity contribution in [3.05, 3.63) is 30.1 Å². The van der Waals surface area contributed by atoms with E-state index in [2.05, 4.69) is 31.1 Å². The highest BCUT2D eigenvalue weighted by molar-refractivity contribution is 5.13. The van der Waals surface area contributed by atoms with E-state index in [1.165, 1.54) is 5.56 Å². The number of rotatable bonds is 6. The van der Waals surface area contributed by atoms with Crippen molar-refractivity contribution in [2.75, 3.05) is 13.1 Å². The van der Waals surface area contributed by atoms with E-state index < -0.39 is 0 Å². The van der Waals surface area contributed by atoms with Crippen LogP contribution in [0, 0.1) is 11.8 Å². The third-order valence-electron chi connectivity index (χ3n) is 3.14. The average molecular weight is 221 g/mol. The molecule has 0 saturated heterocycles. The van der Waals surface area contributed by atoms with Crippen molar-refractivity contribution in [3.63, 3.8) is 0 Å². The third kappa shape index (κ3) is 3.91. The van der Waals surface area contributed by atoms with Gasteiger partial charge in [-0.1, -0.05) is 13.8 Å². The molecular weight excluding hydrogens is 198 g/mol. The van der Waals surface area contributed by atoms with Crippen LogP contribution in [0.5, 0.6) is 0 Å². The Kier molecular flexibility index (Phi) is 5.43. The predicted molar refractivity (Wildman–Crippen MR) is 68.0 cm³/mol. The van der Waals surface area contributed by atoms with Crippen LogP contribution in [0.25, 0.3) is 0 Å². The molecule has 0 spiro atoms. The van der Waals surface area contributed by atoms with Gasteiger partial charge in [0.25, 0.3) is 0 Å². The van der Waals surface area contributed by atoms with Crippen LogP contribution in [-0.4, -0.2) is 18.1 Å². The van der Waals surface area contributed by atoms with Crippen molar-refractivity contribution in [3.8, 4) is 0 Å². The Morgan fingerprint density at radius 3 is 2.38 bits per heavy atom. The van der Waals surface area contributed by atoms with Crippen LogP contribution in [0.2, 0.25) is 0 Å². The fraction of sp³-hybridized carbons (Fsp3) is 0.615. The molecule has 2 atom stereocenters. The standard InChI is InChI=1S/C13H23N3/c1-10(2)13(8-14)9-16-11(3)12-4-6-15-7-5-12/h4-7,10-11,13,16H,8-9,14H2,1-3H3/t11-,13?/m1/s1. The first-order chi connectivity index (χ1) is 7.65. The van der Waals surface area contributed by atoms with Crippen LogP contribution in [-0.2, 0) is 0 Å². The van der Waals surface area contributed by atoms with E-state index in [-0.39, 0.29) is 0 Å². The van der Waals surface area contributed by atoms with Crippen molar-refractivity contribution >= 4 is 0 Å². The monoisotopic (exact) mass is 221 g/mol. The fourth-order valence-electron chi connectivity index (χ4n) is 1.69. The molecule has 0 bridgehead atoms. The summed E-state index contributed by atoms with van der Waals surface area (Å²) in [7, 11) is 0. The molecule has 3 heteroatoms. The molecule has 3 N–H and O–H groups in total. The molecule has 0 aliphatic rings. The third-order valence-corrected chi connectivity index (χ3v) is 3.14. The van der Waals surface area contributed by atoms with Gasteiger partial charge in [-0.2, -0.15) is 0 Å². The Labute approximate surface area is 98.5 Å². The molecule has 0 fully saturated rings. The summed E-state index contributed by atoms with van der Waals surface area (Å²) < 4.78 is 0. The predicted octanol–water partition coefficient (Wildman–Crippen LogP) is 1.96. The molecule has 1 unspecified atom stereocenters. The highest BCUT2D eigenvalue weighted by Gasteiger charge is 2.12. The molecule has 0 radical (unpaired) electrons. The van der Waals surface area contributed by atoms with Gasteiger partial charge in [-0.15, -0.1) is 0 Å². The minimum atomic E-state index is 0.357. The van der Waals surface area contributed by atoms with E-state index in [4.69, 9.17) is 5.73 Å². The van der Waals surface area contributed by atoms with Gasteiger partial charge in [0.05, 0.1) is 0 Å². The molecule has 0 aliphatic heterocycles. The smallest absolute Gasteiger partial charge is 0.0293 e. The second-order valence-electron chi connectivity index (χ2n) is 4.65. The van der Waals surface area contributed by atoms with Crippen molar-refractivity contribution in [1.82, 2.24) is 10.3 Å². The molecular formula is C13H23N3. The Balaban J connectivity index is 2.43. The summed E-state index contributed by atoms with van der Waals surface area (Å²) >= 11 is 0. The lowest BCUT2D eigenvalue weighted by Crippen LogP contribution is -2.33. The lowest BCUT2D eigenvalue weighted by Gasteiger charge is -2.22. The Morgan fingerprint density at radius 2 is 1.88 bits per heavy atom. The SMILES string of the molecule is CC(C)C(CN)CN[C@H](C)c1ccncc1. The molecule has 1 rings (SSSR count). The van der Waals surface area contributed by atoms with E-state index in [0.29, 0.717) is 17.9 Å². The summed E-state index contributed by atoms with van der Waals surface area (Å²) in [6.45, 7) is 8.32. The van der Waals surface area contributed by atoms with Gasteiger partial charge in [0.1, 0.15) is 0 Å². The molecule has 0 saturated carbocycles.